The van der Waals surface area contributed by atoms with E-state index in [9.17, 15) is 4.79 Å². The number of nitrogens with two attached hydrogens (primary N) is 1. The molecule has 0 radical (unpaired) electrons. The summed E-state index contributed by atoms with van der Waals surface area (Å²) in [6.45, 7) is 5.83. The predicted molar refractivity (Wildman–Crippen MR) is 81.7 cm³/mol. The first-order valence-electron chi connectivity index (χ1n) is 7.52. The van der Waals surface area contributed by atoms with Crippen LogP contribution >= 0.6 is 0 Å². The second-order valence-electron chi connectivity index (χ2n) is 5.38. The molecule has 19 heavy (non-hydrogen) atoms. The van der Waals surface area contributed by atoms with Crippen LogP contribution in [0.1, 0.15) is 58.3 Å². The fourth-order valence-corrected chi connectivity index (χ4v) is 2.67. The maximum absolute atomic E-state index is 11.0. The van der Waals surface area contributed by atoms with E-state index >= 15 is 0 Å². The topological polar surface area (TPSA) is 43.1 Å². The quantitative estimate of drug-likeness (QED) is 0.582. The molecular weight excluding hydrogens is 234 g/mol. The minimum absolute atomic E-state index is 0.382. The van der Waals surface area contributed by atoms with Gasteiger partial charge in [-0.15, -0.1) is 0 Å². The fourth-order valence-electron chi connectivity index (χ4n) is 2.67. The van der Waals surface area contributed by atoms with Gasteiger partial charge in [0.25, 0.3) is 0 Å². The largest absolute Gasteiger partial charge is 0.366 e. The van der Waals surface area contributed by atoms with Crippen LogP contribution in [0.25, 0.3) is 0 Å². The molecule has 1 saturated carbocycles. The van der Waals surface area contributed by atoms with Gasteiger partial charge in [0.1, 0.15) is 0 Å². The zero-order chi connectivity index (χ0) is 14.1. The normalized spacial score (nSPS) is 19.1. The lowest BCUT2D eigenvalue weighted by Crippen LogP contribution is -2.11. The van der Waals surface area contributed by atoms with E-state index in [4.69, 9.17) is 5.73 Å². The lowest BCUT2D eigenvalue weighted by molar-refractivity contribution is -0.114. The number of amides is 1. The molecule has 1 rings (SSSR count). The number of carbonyl (C=O) groups excluding carboxylic acids is 1. The van der Waals surface area contributed by atoms with Gasteiger partial charge in [-0.2, -0.15) is 0 Å². The zero-order valence-electron chi connectivity index (χ0n) is 12.2. The van der Waals surface area contributed by atoms with Crippen LogP contribution < -0.4 is 5.73 Å². The van der Waals surface area contributed by atoms with Gasteiger partial charge in [0.05, 0.1) is 0 Å². The Labute approximate surface area is 117 Å². The minimum Gasteiger partial charge on any atom is -0.366 e. The van der Waals surface area contributed by atoms with Gasteiger partial charge in [0.2, 0.25) is 5.91 Å². The summed E-state index contributed by atoms with van der Waals surface area (Å²) in [6.07, 6.45) is 16.4. The first-order chi connectivity index (χ1) is 9.15. The second-order valence-corrected chi connectivity index (χ2v) is 5.38. The van der Waals surface area contributed by atoms with Crippen LogP contribution in [0.3, 0.4) is 0 Å². The molecule has 0 aromatic heterocycles. The Morgan fingerprint density at radius 3 is 2.26 bits per heavy atom. The molecule has 0 atom stereocenters. The molecule has 106 valence electrons. The number of carbonyl (C=O) groups is 1. The molecule has 0 aliphatic heterocycles. The van der Waals surface area contributed by atoms with E-state index in [1.54, 1.807) is 6.08 Å². The summed E-state index contributed by atoms with van der Waals surface area (Å²) in [6, 6.07) is 0. The number of hydrogen-bond donors (Lipinski definition) is 1. The van der Waals surface area contributed by atoms with Crippen molar-refractivity contribution in [3.05, 3.63) is 36.0 Å². The van der Waals surface area contributed by atoms with Crippen molar-refractivity contribution in [3.63, 3.8) is 0 Å². The van der Waals surface area contributed by atoms with Crippen molar-refractivity contribution in [2.75, 3.05) is 0 Å². The lowest BCUT2D eigenvalue weighted by Gasteiger charge is -2.21. The van der Waals surface area contributed by atoms with Crippen LogP contribution in [0.2, 0.25) is 0 Å². The van der Waals surface area contributed by atoms with Crippen LogP contribution in [-0.4, -0.2) is 5.91 Å². The smallest absolute Gasteiger partial charge is 0.248 e. The van der Waals surface area contributed by atoms with Crippen molar-refractivity contribution in [1.29, 1.82) is 0 Å². The Morgan fingerprint density at radius 2 is 1.74 bits per heavy atom. The first kappa shape index (κ1) is 15.7. The van der Waals surface area contributed by atoms with Gasteiger partial charge in [0.15, 0.2) is 0 Å². The summed E-state index contributed by atoms with van der Waals surface area (Å²) in [5.41, 5.74) is 6.95. The molecule has 0 saturated heterocycles. The molecule has 0 spiro atoms. The van der Waals surface area contributed by atoms with Gasteiger partial charge in [0, 0.05) is 5.57 Å². The van der Waals surface area contributed by atoms with Crippen molar-refractivity contribution in [2.45, 2.75) is 58.3 Å². The fraction of sp³-hybridized carbons (Fsp3) is 0.588. The van der Waals surface area contributed by atoms with Crippen LogP contribution in [0.15, 0.2) is 36.0 Å². The summed E-state index contributed by atoms with van der Waals surface area (Å²) in [5, 5.41) is 0. The number of rotatable bonds is 5. The number of allylic oxidation sites excluding steroid dienone is 3. The molecule has 2 heteroatoms. The summed E-state index contributed by atoms with van der Waals surface area (Å²) in [4.78, 5) is 11.0. The maximum Gasteiger partial charge on any atom is 0.248 e. The van der Waals surface area contributed by atoms with Gasteiger partial charge in [-0.1, -0.05) is 57.8 Å². The van der Waals surface area contributed by atoms with Crippen LogP contribution in [0, 0.1) is 5.92 Å². The standard InChI is InChI=1S/C17H27NO/c1-3-9-15(13-12-14(2)17(18)19)16-10-7-5-4-6-8-11-16/h9,12-13,16H,2-8,10-11H2,1H3,(H2,18,19)/b13-12-,15-9+. The molecule has 2 N–H and O–H groups in total. The van der Waals surface area contributed by atoms with E-state index in [2.05, 4.69) is 19.6 Å². The van der Waals surface area contributed by atoms with Gasteiger partial charge >= 0.3 is 0 Å². The zero-order valence-corrected chi connectivity index (χ0v) is 12.2. The molecule has 0 aromatic carbocycles. The van der Waals surface area contributed by atoms with Gasteiger partial charge in [-0.25, -0.2) is 0 Å². The van der Waals surface area contributed by atoms with E-state index in [-0.39, 0.29) is 0 Å². The van der Waals surface area contributed by atoms with Crippen LogP contribution in [0.5, 0.6) is 0 Å². The van der Waals surface area contributed by atoms with E-state index in [0.29, 0.717) is 11.5 Å². The predicted octanol–water partition coefficient (Wildman–Crippen LogP) is 4.28. The van der Waals surface area contributed by atoms with Gasteiger partial charge in [-0.3, -0.25) is 4.79 Å². The highest BCUT2D eigenvalue weighted by Gasteiger charge is 2.14. The Kier molecular flexibility index (Phi) is 7.24. The van der Waals surface area contributed by atoms with Gasteiger partial charge in [-0.05, 0) is 36.8 Å². The third-order valence-corrected chi connectivity index (χ3v) is 3.81. The van der Waals surface area contributed by atoms with Crippen molar-refractivity contribution < 1.29 is 4.79 Å². The number of primary amides is 1. The molecule has 2 nitrogen and oxygen atoms in total. The van der Waals surface area contributed by atoms with E-state index in [0.717, 1.165) is 6.42 Å². The lowest BCUT2D eigenvalue weighted by atomic mass is 9.85. The van der Waals surface area contributed by atoms with Gasteiger partial charge < -0.3 is 5.73 Å². The summed E-state index contributed by atoms with van der Waals surface area (Å²) in [5.74, 6) is 0.196. The summed E-state index contributed by atoms with van der Waals surface area (Å²) in [7, 11) is 0. The molecular formula is C17H27NO. The Bertz CT molecular complexity index is 357. The SMILES string of the molecule is C=C(/C=C\C(=C/CC)C1CCCCCCC1)C(N)=O. The molecule has 1 aliphatic rings. The highest BCUT2D eigenvalue weighted by Crippen LogP contribution is 2.29. The van der Waals surface area contributed by atoms with E-state index in [1.807, 2.05) is 6.08 Å². The van der Waals surface area contributed by atoms with Crippen molar-refractivity contribution >= 4 is 5.91 Å². The van der Waals surface area contributed by atoms with Crippen molar-refractivity contribution in [2.24, 2.45) is 11.7 Å². The van der Waals surface area contributed by atoms with Crippen molar-refractivity contribution in [1.82, 2.24) is 0 Å². The van der Waals surface area contributed by atoms with Crippen LogP contribution in [0.4, 0.5) is 0 Å². The summed E-state index contributed by atoms with van der Waals surface area (Å²) < 4.78 is 0. The molecule has 1 aliphatic carbocycles. The van der Waals surface area contributed by atoms with E-state index < -0.39 is 5.91 Å². The Morgan fingerprint density at radius 1 is 1.16 bits per heavy atom. The monoisotopic (exact) mass is 261 g/mol. The average Bonchev–Trinajstić information content (AvgIpc) is 2.34. The third-order valence-electron chi connectivity index (χ3n) is 3.81. The molecule has 0 bridgehead atoms. The average molecular weight is 261 g/mol. The second kappa shape index (κ2) is 8.73. The van der Waals surface area contributed by atoms with E-state index in [1.165, 1.54) is 50.5 Å². The minimum atomic E-state index is -0.440. The van der Waals surface area contributed by atoms with Crippen LogP contribution in [-0.2, 0) is 4.79 Å². The molecule has 0 heterocycles. The third kappa shape index (κ3) is 5.91. The highest BCUT2D eigenvalue weighted by atomic mass is 16.1. The summed E-state index contributed by atoms with van der Waals surface area (Å²) >= 11 is 0. The molecule has 1 fully saturated rings. The molecule has 1 amide bonds. The van der Waals surface area contributed by atoms with Crippen molar-refractivity contribution in [3.8, 4) is 0 Å². The maximum atomic E-state index is 11.0. The number of hydrogen-bond acceptors (Lipinski definition) is 1. The molecule has 0 unspecified atom stereocenters. The Balaban J connectivity index is 2.72. The highest BCUT2D eigenvalue weighted by molar-refractivity contribution is 5.94. The first-order valence-corrected chi connectivity index (χ1v) is 7.52. The Hall–Kier alpha value is -1.31. The molecule has 0 aromatic rings.